The molecule has 0 atom stereocenters. The van der Waals surface area contributed by atoms with Crippen LogP contribution >= 0.6 is 0 Å². The van der Waals surface area contributed by atoms with Crippen molar-refractivity contribution in [3.8, 4) is 0 Å². The van der Waals surface area contributed by atoms with Crippen molar-refractivity contribution < 1.29 is 22.7 Å². The van der Waals surface area contributed by atoms with Crippen LogP contribution in [-0.4, -0.2) is 40.0 Å². The number of amidine groups is 1. The maximum Gasteiger partial charge on any atom is 0.338 e. The molecule has 1 fully saturated rings. The molecule has 0 saturated carbocycles. The molecule has 27 heavy (non-hydrogen) atoms. The molecule has 2 aliphatic rings. The topological polar surface area (TPSA) is 94.1 Å². The molecular weight excluding hydrogens is 368 g/mol. The highest BCUT2D eigenvalue weighted by Crippen LogP contribution is 2.28. The molecule has 0 bridgehead atoms. The molecule has 0 spiro atoms. The lowest BCUT2D eigenvalue weighted by Crippen LogP contribution is -2.44. The largest absolute Gasteiger partial charge is 0.461 e. The van der Waals surface area contributed by atoms with E-state index in [9.17, 15) is 13.2 Å². The molecule has 8 heteroatoms. The van der Waals surface area contributed by atoms with E-state index in [0.29, 0.717) is 36.6 Å². The molecule has 1 saturated heterocycles. The van der Waals surface area contributed by atoms with Gasteiger partial charge in [0.15, 0.2) is 5.84 Å². The second kappa shape index (κ2) is 6.47. The Morgan fingerprint density at radius 3 is 2.56 bits per heavy atom. The van der Waals surface area contributed by atoms with E-state index in [1.165, 1.54) is 6.07 Å². The van der Waals surface area contributed by atoms with Crippen molar-refractivity contribution in [1.82, 2.24) is 0 Å². The first-order chi connectivity index (χ1) is 12.9. The zero-order valence-electron chi connectivity index (χ0n) is 14.6. The minimum atomic E-state index is -3.67. The summed E-state index contributed by atoms with van der Waals surface area (Å²) in [5.74, 6) is -0.139. The maximum atomic E-state index is 12.1. The van der Waals surface area contributed by atoms with Crippen LogP contribution in [0.2, 0.25) is 0 Å². The van der Waals surface area contributed by atoms with Gasteiger partial charge in [0.05, 0.1) is 18.8 Å². The van der Waals surface area contributed by atoms with E-state index in [2.05, 4.69) is 9.71 Å². The highest BCUT2D eigenvalue weighted by Gasteiger charge is 2.35. The molecule has 1 N–H and O–H groups in total. The number of rotatable bonds is 4. The monoisotopic (exact) mass is 386 g/mol. The molecule has 4 rings (SSSR count). The van der Waals surface area contributed by atoms with E-state index in [0.717, 1.165) is 0 Å². The van der Waals surface area contributed by atoms with Crippen LogP contribution in [0.5, 0.6) is 0 Å². The summed E-state index contributed by atoms with van der Waals surface area (Å²) in [5, 5.41) is 3.00. The van der Waals surface area contributed by atoms with Gasteiger partial charge in [-0.15, -0.1) is 4.40 Å². The SMILES string of the molecule is CC1(COC(=O)c2ccc(NC3=NS(=O)(=O)c4ccccc43)cc2)COC1. The van der Waals surface area contributed by atoms with E-state index in [1.54, 1.807) is 42.5 Å². The van der Waals surface area contributed by atoms with Crippen LogP contribution < -0.4 is 5.32 Å². The molecule has 0 aromatic heterocycles. The average molecular weight is 386 g/mol. The molecular formula is C19H18N2O5S. The summed E-state index contributed by atoms with van der Waals surface area (Å²) in [6, 6.07) is 13.2. The number of nitrogens with one attached hydrogen (secondary N) is 1. The third kappa shape index (κ3) is 3.45. The number of carbonyl (C=O) groups excluding carboxylic acids is 1. The van der Waals surface area contributed by atoms with Crippen molar-refractivity contribution in [2.75, 3.05) is 25.1 Å². The van der Waals surface area contributed by atoms with Gasteiger partial charge in [0, 0.05) is 16.7 Å². The van der Waals surface area contributed by atoms with Crippen molar-refractivity contribution in [3.05, 3.63) is 59.7 Å². The van der Waals surface area contributed by atoms with Crippen LogP contribution in [0, 0.1) is 5.41 Å². The van der Waals surface area contributed by atoms with Gasteiger partial charge in [0.1, 0.15) is 11.5 Å². The number of fused-ring (bicyclic) bond motifs is 1. The summed E-state index contributed by atoms with van der Waals surface area (Å²) in [7, 11) is -3.67. The number of sulfonamides is 1. The van der Waals surface area contributed by atoms with Crippen molar-refractivity contribution in [3.63, 3.8) is 0 Å². The minimum Gasteiger partial charge on any atom is -0.461 e. The fraction of sp³-hybridized carbons (Fsp3) is 0.263. The number of esters is 1. The van der Waals surface area contributed by atoms with Crippen LogP contribution in [0.4, 0.5) is 5.69 Å². The first-order valence-corrected chi connectivity index (χ1v) is 9.87. The zero-order valence-corrected chi connectivity index (χ0v) is 15.5. The van der Waals surface area contributed by atoms with Crippen LogP contribution in [-0.2, 0) is 19.5 Å². The lowest BCUT2D eigenvalue weighted by Gasteiger charge is -2.37. The lowest BCUT2D eigenvalue weighted by molar-refractivity contribution is -0.127. The molecule has 2 heterocycles. The fourth-order valence-electron chi connectivity index (χ4n) is 2.88. The van der Waals surface area contributed by atoms with Gasteiger partial charge < -0.3 is 14.8 Å². The summed E-state index contributed by atoms with van der Waals surface area (Å²) < 4.78 is 38.4. The molecule has 7 nitrogen and oxygen atoms in total. The minimum absolute atomic E-state index is 0.101. The van der Waals surface area contributed by atoms with Gasteiger partial charge in [-0.3, -0.25) is 0 Å². The second-order valence-electron chi connectivity index (χ2n) is 6.99. The van der Waals surface area contributed by atoms with Crippen molar-refractivity contribution >= 4 is 27.5 Å². The van der Waals surface area contributed by atoms with Crippen molar-refractivity contribution in [1.29, 1.82) is 0 Å². The van der Waals surface area contributed by atoms with Gasteiger partial charge in [-0.05, 0) is 36.4 Å². The molecule has 0 unspecified atom stereocenters. The van der Waals surface area contributed by atoms with E-state index < -0.39 is 16.0 Å². The van der Waals surface area contributed by atoms with Gasteiger partial charge in [0.25, 0.3) is 10.0 Å². The number of nitrogens with zero attached hydrogens (tertiary/aromatic N) is 1. The zero-order chi connectivity index (χ0) is 19.1. The summed E-state index contributed by atoms with van der Waals surface area (Å²) in [4.78, 5) is 12.3. The number of carbonyl (C=O) groups is 1. The Hall–Kier alpha value is -2.71. The highest BCUT2D eigenvalue weighted by molar-refractivity contribution is 7.90. The first kappa shape index (κ1) is 17.7. The number of hydrogen-bond donors (Lipinski definition) is 1. The maximum absolute atomic E-state index is 12.1. The molecule has 0 amide bonds. The summed E-state index contributed by atoms with van der Waals surface area (Å²) in [5.41, 5.74) is 1.47. The average Bonchev–Trinajstić information content (AvgIpc) is 2.89. The fourth-order valence-corrected chi connectivity index (χ4v) is 4.06. The summed E-state index contributed by atoms with van der Waals surface area (Å²) >= 11 is 0. The number of benzene rings is 2. The number of ether oxygens (including phenoxy) is 2. The Balaban J connectivity index is 1.45. The van der Waals surface area contributed by atoms with Gasteiger partial charge in [0.2, 0.25) is 0 Å². The first-order valence-electron chi connectivity index (χ1n) is 8.43. The molecule has 2 aromatic rings. The standard InChI is InChI=1S/C19H18N2O5S/c1-19(10-25-11-19)12-26-18(22)13-6-8-14(9-7-13)20-17-15-4-2-3-5-16(15)27(23,24)21-17/h2-9H,10-12H2,1H3,(H,20,21). The number of anilines is 1. The van der Waals surface area contributed by atoms with E-state index in [4.69, 9.17) is 9.47 Å². The smallest absolute Gasteiger partial charge is 0.338 e. The molecule has 2 aromatic carbocycles. The Morgan fingerprint density at radius 1 is 1.19 bits per heavy atom. The second-order valence-corrected chi connectivity index (χ2v) is 8.57. The van der Waals surface area contributed by atoms with Gasteiger partial charge in [-0.1, -0.05) is 19.1 Å². The van der Waals surface area contributed by atoms with Crippen molar-refractivity contribution in [2.24, 2.45) is 9.81 Å². The highest BCUT2D eigenvalue weighted by atomic mass is 32.2. The lowest BCUT2D eigenvalue weighted by atomic mass is 9.90. The van der Waals surface area contributed by atoms with Crippen molar-refractivity contribution in [2.45, 2.75) is 11.8 Å². The van der Waals surface area contributed by atoms with E-state index >= 15 is 0 Å². The quantitative estimate of drug-likeness (QED) is 0.811. The normalized spacial score (nSPS) is 18.8. The Bertz CT molecular complexity index is 1020. The van der Waals surface area contributed by atoms with Crippen LogP contribution in [0.25, 0.3) is 0 Å². The summed E-state index contributed by atoms with van der Waals surface area (Å²) in [6.45, 7) is 3.51. The predicted octanol–water partition coefficient (Wildman–Crippen LogP) is 2.44. The van der Waals surface area contributed by atoms with E-state index in [1.807, 2.05) is 6.92 Å². The van der Waals surface area contributed by atoms with Gasteiger partial charge in [-0.2, -0.15) is 8.42 Å². The molecule has 140 valence electrons. The Kier molecular flexibility index (Phi) is 4.24. The van der Waals surface area contributed by atoms with Crippen LogP contribution in [0.3, 0.4) is 0 Å². The molecule has 0 aliphatic carbocycles. The van der Waals surface area contributed by atoms with Gasteiger partial charge in [-0.25, -0.2) is 4.79 Å². The van der Waals surface area contributed by atoms with Crippen LogP contribution in [0.1, 0.15) is 22.8 Å². The van der Waals surface area contributed by atoms with E-state index in [-0.39, 0.29) is 16.1 Å². The predicted molar refractivity (Wildman–Crippen MR) is 99.4 cm³/mol. The third-order valence-corrected chi connectivity index (χ3v) is 5.80. The molecule has 2 aliphatic heterocycles. The third-order valence-electron chi connectivity index (χ3n) is 4.47. The summed E-state index contributed by atoms with van der Waals surface area (Å²) in [6.07, 6.45) is 0. The number of hydrogen-bond acceptors (Lipinski definition) is 6. The van der Waals surface area contributed by atoms with Crippen LogP contribution in [0.15, 0.2) is 57.8 Å². The molecule has 0 radical (unpaired) electrons. The Labute approximate surface area is 157 Å². The Morgan fingerprint density at radius 2 is 1.89 bits per heavy atom. The van der Waals surface area contributed by atoms with Gasteiger partial charge >= 0.3 is 5.97 Å².